The van der Waals surface area contributed by atoms with Gasteiger partial charge in [0, 0.05) is 31.2 Å². The van der Waals surface area contributed by atoms with E-state index in [9.17, 15) is 13.2 Å². The maximum absolute atomic E-state index is 13.1. The van der Waals surface area contributed by atoms with E-state index in [1.165, 1.54) is 4.31 Å². The number of rotatable bonds is 4. The number of benzene rings is 2. The van der Waals surface area contributed by atoms with Crippen molar-refractivity contribution < 1.29 is 13.2 Å². The molecule has 0 unspecified atom stereocenters. The van der Waals surface area contributed by atoms with E-state index in [-0.39, 0.29) is 37.8 Å². The van der Waals surface area contributed by atoms with Crippen LogP contribution >= 0.6 is 11.6 Å². The standard InChI is InChI=1S/C22H24ClN5O3S/c1-15-7-8-20(16(2)13-15)32(30,31)27-11-9-26(10-12-27)22(29)21-17(3)28(25-24-21)19-6-4-5-18(23)14-19/h4-8,13-14H,9-12H2,1-3H3. The van der Waals surface area contributed by atoms with Crippen LogP contribution in [-0.2, 0) is 10.0 Å². The number of amides is 1. The average molecular weight is 474 g/mol. The van der Waals surface area contributed by atoms with Crippen molar-refractivity contribution in [2.24, 2.45) is 0 Å². The molecule has 1 amide bonds. The minimum atomic E-state index is -3.62. The molecule has 10 heteroatoms. The van der Waals surface area contributed by atoms with Gasteiger partial charge in [-0.25, -0.2) is 13.1 Å². The monoisotopic (exact) mass is 473 g/mol. The van der Waals surface area contributed by atoms with Crippen LogP contribution < -0.4 is 0 Å². The van der Waals surface area contributed by atoms with Gasteiger partial charge in [0.05, 0.1) is 16.3 Å². The summed E-state index contributed by atoms with van der Waals surface area (Å²) in [7, 11) is -3.62. The second-order valence-corrected chi connectivity index (χ2v) is 10.2. The van der Waals surface area contributed by atoms with Gasteiger partial charge < -0.3 is 4.90 Å². The van der Waals surface area contributed by atoms with Gasteiger partial charge in [0.15, 0.2) is 5.69 Å². The maximum Gasteiger partial charge on any atom is 0.276 e. The van der Waals surface area contributed by atoms with E-state index >= 15 is 0 Å². The predicted molar refractivity (Wildman–Crippen MR) is 122 cm³/mol. The second kappa shape index (κ2) is 8.65. The van der Waals surface area contributed by atoms with Crippen LogP contribution in [0.1, 0.15) is 27.3 Å². The van der Waals surface area contributed by atoms with Crippen molar-refractivity contribution in [3.8, 4) is 5.69 Å². The van der Waals surface area contributed by atoms with Gasteiger partial charge in [-0.2, -0.15) is 4.31 Å². The summed E-state index contributed by atoms with van der Waals surface area (Å²) in [6.07, 6.45) is 0. The molecule has 8 nitrogen and oxygen atoms in total. The van der Waals surface area contributed by atoms with Gasteiger partial charge in [-0.05, 0) is 50.6 Å². The molecule has 1 aliphatic heterocycles. The Kier molecular flexibility index (Phi) is 6.07. The summed E-state index contributed by atoms with van der Waals surface area (Å²) in [5.74, 6) is -0.264. The molecule has 1 aromatic heterocycles. The summed E-state index contributed by atoms with van der Waals surface area (Å²) in [4.78, 5) is 15.0. The third-order valence-corrected chi connectivity index (χ3v) is 7.92. The fraction of sp³-hybridized carbons (Fsp3) is 0.318. The second-order valence-electron chi connectivity index (χ2n) is 7.88. The first kappa shape index (κ1) is 22.4. The minimum absolute atomic E-state index is 0.225. The van der Waals surface area contributed by atoms with E-state index in [4.69, 9.17) is 11.6 Å². The Hall–Kier alpha value is -2.75. The van der Waals surface area contributed by atoms with E-state index < -0.39 is 10.0 Å². The van der Waals surface area contributed by atoms with Crippen LogP contribution in [0, 0.1) is 20.8 Å². The molecule has 2 heterocycles. The largest absolute Gasteiger partial charge is 0.335 e. The number of piperazine rings is 1. The van der Waals surface area contributed by atoms with Crippen LogP contribution in [0.2, 0.25) is 5.02 Å². The first-order valence-corrected chi connectivity index (χ1v) is 12.0. The van der Waals surface area contributed by atoms with Crippen molar-refractivity contribution in [3.63, 3.8) is 0 Å². The molecular weight excluding hydrogens is 450 g/mol. The van der Waals surface area contributed by atoms with Gasteiger partial charge in [-0.3, -0.25) is 4.79 Å². The smallest absolute Gasteiger partial charge is 0.276 e. The van der Waals surface area contributed by atoms with E-state index in [1.54, 1.807) is 53.8 Å². The van der Waals surface area contributed by atoms with Crippen molar-refractivity contribution in [1.29, 1.82) is 0 Å². The van der Waals surface area contributed by atoms with E-state index in [1.807, 2.05) is 19.1 Å². The lowest BCUT2D eigenvalue weighted by atomic mass is 10.2. The fourth-order valence-corrected chi connectivity index (χ4v) is 5.70. The highest BCUT2D eigenvalue weighted by atomic mass is 35.5. The molecule has 0 N–H and O–H groups in total. The molecule has 0 atom stereocenters. The highest BCUT2D eigenvalue weighted by Gasteiger charge is 2.32. The first-order chi connectivity index (χ1) is 15.2. The van der Waals surface area contributed by atoms with Crippen molar-refractivity contribution in [3.05, 3.63) is 70.0 Å². The molecule has 0 bridgehead atoms. The third kappa shape index (κ3) is 4.15. The SMILES string of the molecule is Cc1ccc(S(=O)(=O)N2CCN(C(=O)c3nnn(-c4cccc(Cl)c4)c3C)CC2)c(C)c1. The number of nitrogens with zero attached hydrogens (tertiary/aromatic N) is 5. The molecule has 168 valence electrons. The summed E-state index contributed by atoms with van der Waals surface area (Å²) >= 11 is 6.06. The Morgan fingerprint density at radius 3 is 2.38 bits per heavy atom. The number of aromatic nitrogens is 3. The maximum atomic E-state index is 13.1. The zero-order chi connectivity index (χ0) is 23.0. The number of aryl methyl sites for hydroxylation is 2. The Labute approximate surface area is 192 Å². The van der Waals surface area contributed by atoms with Crippen molar-refractivity contribution in [1.82, 2.24) is 24.2 Å². The molecule has 32 heavy (non-hydrogen) atoms. The van der Waals surface area contributed by atoms with Gasteiger partial charge in [0.25, 0.3) is 5.91 Å². The van der Waals surface area contributed by atoms with Gasteiger partial charge >= 0.3 is 0 Å². The van der Waals surface area contributed by atoms with Crippen LogP contribution in [0.3, 0.4) is 0 Å². The lowest BCUT2D eigenvalue weighted by Crippen LogP contribution is -2.50. The lowest BCUT2D eigenvalue weighted by molar-refractivity contribution is 0.0691. The quantitative estimate of drug-likeness (QED) is 0.581. The summed E-state index contributed by atoms with van der Waals surface area (Å²) in [5, 5.41) is 8.75. The van der Waals surface area contributed by atoms with E-state index in [0.717, 1.165) is 11.1 Å². The number of carbonyl (C=O) groups is 1. The molecule has 3 aromatic rings. The topological polar surface area (TPSA) is 88.4 Å². The Balaban J connectivity index is 1.48. The molecule has 0 spiro atoms. The van der Waals surface area contributed by atoms with Crippen molar-refractivity contribution >= 4 is 27.5 Å². The van der Waals surface area contributed by atoms with Crippen LogP contribution in [0.4, 0.5) is 0 Å². The zero-order valence-electron chi connectivity index (χ0n) is 18.1. The third-order valence-electron chi connectivity index (χ3n) is 5.62. The zero-order valence-corrected chi connectivity index (χ0v) is 19.7. The number of halogens is 1. The lowest BCUT2D eigenvalue weighted by Gasteiger charge is -2.34. The van der Waals surface area contributed by atoms with Crippen LogP contribution in [0.5, 0.6) is 0 Å². The molecule has 0 saturated carbocycles. The van der Waals surface area contributed by atoms with E-state index in [2.05, 4.69) is 10.3 Å². The number of hydrogen-bond donors (Lipinski definition) is 0. The van der Waals surface area contributed by atoms with Crippen molar-refractivity contribution in [2.45, 2.75) is 25.7 Å². The first-order valence-electron chi connectivity index (χ1n) is 10.2. The molecule has 1 fully saturated rings. The van der Waals surface area contributed by atoms with Gasteiger partial charge in [-0.1, -0.05) is 40.6 Å². The molecule has 0 aliphatic carbocycles. The number of hydrogen-bond acceptors (Lipinski definition) is 5. The Bertz CT molecular complexity index is 1280. The predicted octanol–water partition coefficient (Wildman–Crippen LogP) is 2.99. The van der Waals surface area contributed by atoms with Gasteiger partial charge in [-0.15, -0.1) is 5.10 Å². The fourth-order valence-electron chi connectivity index (χ4n) is 3.89. The van der Waals surface area contributed by atoms with Crippen LogP contribution in [0.25, 0.3) is 5.69 Å². The van der Waals surface area contributed by atoms with Gasteiger partial charge in [0.2, 0.25) is 10.0 Å². The molecule has 0 radical (unpaired) electrons. The normalized spacial score (nSPS) is 15.2. The Morgan fingerprint density at radius 2 is 1.72 bits per heavy atom. The number of carbonyl (C=O) groups excluding carboxylic acids is 1. The van der Waals surface area contributed by atoms with Crippen molar-refractivity contribution in [2.75, 3.05) is 26.2 Å². The molecule has 1 saturated heterocycles. The molecule has 1 aliphatic rings. The van der Waals surface area contributed by atoms with E-state index in [0.29, 0.717) is 21.3 Å². The average Bonchev–Trinajstić information content (AvgIpc) is 3.14. The Morgan fingerprint density at radius 1 is 1.00 bits per heavy atom. The molecule has 2 aromatic carbocycles. The summed E-state index contributed by atoms with van der Waals surface area (Å²) in [6.45, 7) is 6.52. The summed E-state index contributed by atoms with van der Waals surface area (Å²) in [6, 6.07) is 12.4. The highest BCUT2D eigenvalue weighted by molar-refractivity contribution is 7.89. The highest BCUT2D eigenvalue weighted by Crippen LogP contribution is 2.23. The summed E-state index contributed by atoms with van der Waals surface area (Å²) in [5.41, 5.74) is 3.29. The van der Waals surface area contributed by atoms with Crippen LogP contribution in [-0.4, -0.2) is 64.7 Å². The summed E-state index contributed by atoms with van der Waals surface area (Å²) < 4.78 is 29.2. The minimum Gasteiger partial charge on any atom is -0.335 e. The van der Waals surface area contributed by atoms with Crippen LogP contribution in [0.15, 0.2) is 47.4 Å². The van der Waals surface area contributed by atoms with Gasteiger partial charge in [0.1, 0.15) is 0 Å². The number of sulfonamides is 1. The molecule has 4 rings (SSSR count). The molecular formula is C22H24ClN5O3S.